The normalized spacial score (nSPS) is 14.1. The van der Waals surface area contributed by atoms with E-state index in [1.54, 1.807) is 43.4 Å². The molecule has 1 saturated heterocycles. The number of nitrogens with zero attached hydrogens (tertiary/aromatic N) is 5. The molecular formula is C26H27N5O5S. The van der Waals surface area contributed by atoms with Gasteiger partial charge < -0.3 is 19.1 Å². The number of carbonyl (C=O) groups is 1. The van der Waals surface area contributed by atoms with Gasteiger partial charge in [-0.05, 0) is 36.4 Å². The Kier molecular flexibility index (Phi) is 7.33. The third-order valence-corrected chi connectivity index (χ3v) is 7.11. The summed E-state index contributed by atoms with van der Waals surface area (Å²) in [5.74, 6) is 1.99. The Balaban J connectivity index is 1.19. The second-order valence-corrected chi connectivity index (χ2v) is 9.46. The van der Waals surface area contributed by atoms with Crippen LogP contribution in [0.2, 0.25) is 0 Å². The third kappa shape index (κ3) is 5.57. The summed E-state index contributed by atoms with van der Waals surface area (Å²) in [5.41, 5.74) is 1.28. The zero-order valence-electron chi connectivity index (χ0n) is 20.6. The molecule has 1 aliphatic heterocycles. The molecule has 192 valence electrons. The molecule has 2 aromatic carbocycles. The highest BCUT2D eigenvalue weighted by Crippen LogP contribution is 2.32. The fourth-order valence-corrected chi connectivity index (χ4v) is 5.11. The molecule has 0 N–H and O–H groups in total. The summed E-state index contributed by atoms with van der Waals surface area (Å²) in [4.78, 5) is 34.6. The highest BCUT2D eigenvalue weighted by atomic mass is 32.1. The number of rotatable bonds is 8. The van der Waals surface area contributed by atoms with Crippen molar-refractivity contribution in [3.8, 4) is 27.8 Å². The van der Waals surface area contributed by atoms with E-state index in [1.165, 1.54) is 21.9 Å². The minimum atomic E-state index is -0.220. The lowest BCUT2D eigenvalue weighted by Crippen LogP contribution is -2.49. The number of fused-ring (bicyclic) bond motifs is 1. The zero-order valence-corrected chi connectivity index (χ0v) is 21.4. The number of para-hydroxylation sites is 1. The molecule has 1 fully saturated rings. The molecule has 0 radical (unpaired) electrons. The van der Waals surface area contributed by atoms with Crippen LogP contribution in [0.1, 0.15) is 5.69 Å². The van der Waals surface area contributed by atoms with Crippen LogP contribution in [0.3, 0.4) is 0 Å². The number of hydrogen-bond acceptors (Lipinski definition) is 9. The Morgan fingerprint density at radius 3 is 2.43 bits per heavy atom. The lowest BCUT2D eigenvalue weighted by molar-refractivity contribution is -0.135. The number of carbonyl (C=O) groups excluding carboxylic acids is 1. The molecule has 1 aliphatic rings. The topological polar surface area (TPSA) is 98.5 Å². The molecule has 1 amide bonds. The van der Waals surface area contributed by atoms with E-state index in [9.17, 15) is 9.59 Å². The summed E-state index contributed by atoms with van der Waals surface area (Å²) in [6, 6.07) is 16.2. The van der Waals surface area contributed by atoms with Crippen molar-refractivity contribution in [2.45, 2.75) is 6.54 Å². The molecule has 0 bridgehead atoms. The van der Waals surface area contributed by atoms with Crippen molar-refractivity contribution in [3.05, 3.63) is 70.6 Å². The van der Waals surface area contributed by atoms with Crippen LogP contribution < -0.4 is 19.8 Å². The maximum Gasteiger partial charge on any atom is 0.275 e. The van der Waals surface area contributed by atoms with Crippen molar-refractivity contribution >= 4 is 22.2 Å². The standard InChI is InChI=1S/C26H27N5O5S/c1-34-19-7-9-20(10-8-19)36-17-24(33)30-13-11-29(12-14-30)16-18-15-23(32)31-26(27-18)37-25(28-31)21-5-3-4-6-22(21)35-2/h3-10,15H,11-14,16-17H2,1-2H3. The van der Waals surface area contributed by atoms with E-state index in [-0.39, 0.29) is 18.1 Å². The summed E-state index contributed by atoms with van der Waals surface area (Å²) in [6.45, 7) is 3.06. The first-order chi connectivity index (χ1) is 18.0. The van der Waals surface area contributed by atoms with Crippen molar-refractivity contribution in [3.63, 3.8) is 0 Å². The van der Waals surface area contributed by atoms with E-state index in [1.807, 2.05) is 24.3 Å². The van der Waals surface area contributed by atoms with Crippen molar-refractivity contribution < 1.29 is 19.0 Å². The van der Waals surface area contributed by atoms with Crippen LogP contribution in [0.25, 0.3) is 15.5 Å². The van der Waals surface area contributed by atoms with Gasteiger partial charge in [-0.2, -0.15) is 9.61 Å². The molecule has 37 heavy (non-hydrogen) atoms. The van der Waals surface area contributed by atoms with Crippen molar-refractivity contribution in [2.24, 2.45) is 0 Å². The molecule has 4 aromatic rings. The number of aromatic nitrogens is 3. The van der Waals surface area contributed by atoms with Gasteiger partial charge in [0.15, 0.2) is 11.6 Å². The number of amides is 1. The molecule has 2 aromatic heterocycles. The van der Waals surface area contributed by atoms with E-state index in [0.717, 1.165) is 11.3 Å². The minimum Gasteiger partial charge on any atom is -0.497 e. The van der Waals surface area contributed by atoms with Crippen LogP contribution in [-0.4, -0.2) is 77.3 Å². The quantitative estimate of drug-likeness (QED) is 0.349. The van der Waals surface area contributed by atoms with Crippen LogP contribution >= 0.6 is 11.3 Å². The predicted octanol–water partition coefficient (Wildman–Crippen LogP) is 2.56. The lowest BCUT2D eigenvalue weighted by Gasteiger charge is -2.34. The zero-order chi connectivity index (χ0) is 25.8. The summed E-state index contributed by atoms with van der Waals surface area (Å²) < 4.78 is 17.5. The van der Waals surface area contributed by atoms with Gasteiger partial charge in [0.25, 0.3) is 11.5 Å². The molecule has 0 aliphatic carbocycles. The second kappa shape index (κ2) is 11.0. The Hall–Kier alpha value is -3.96. The summed E-state index contributed by atoms with van der Waals surface area (Å²) in [7, 11) is 3.21. The molecule has 11 heteroatoms. The van der Waals surface area contributed by atoms with Gasteiger partial charge in [-0.3, -0.25) is 14.5 Å². The third-order valence-electron chi connectivity index (χ3n) is 6.17. The molecule has 5 rings (SSSR count). The van der Waals surface area contributed by atoms with Crippen molar-refractivity contribution in [1.82, 2.24) is 24.4 Å². The van der Waals surface area contributed by atoms with Crippen molar-refractivity contribution in [1.29, 1.82) is 0 Å². The lowest BCUT2D eigenvalue weighted by atomic mass is 10.2. The van der Waals surface area contributed by atoms with Gasteiger partial charge in [0, 0.05) is 38.8 Å². The molecule has 0 saturated carbocycles. The monoisotopic (exact) mass is 521 g/mol. The largest absolute Gasteiger partial charge is 0.497 e. The van der Waals surface area contributed by atoms with Gasteiger partial charge >= 0.3 is 0 Å². The van der Waals surface area contributed by atoms with Crippen molar-refractivity contribution in [2.75, 3.05) is 47.0 Å². The SMILES string of the molecule is COc1ccc(OCC(=O)N2CCN(Cc3cc(=O)n4nc(-c5ccccc5OC)sc4n3)CC2)cc1. The number of methoxy groups -OCH3 is 2. The molecule has 0 unspecified atom stereocenters. The van der Waals surface area contributed by atoms with Gasteiger partial charge in [-0.25, -0.2) is 4.98 Å². The van der Waals surface area contributed by atoms with E-state index >= 15 is 0 Å². The fourth-order valence-electron chi connectivity index (χ4n) is 4.16. The van der Waals surface area contributed by atoms with E-state index < -0.39 is 0 Å². The Labute approximate surface area is 217 Å². The van der Waals surface area contributed by atoms with Gasteiger partial charge in [-0.1, -0.05) is 23.5 Å². The van der Waals surface area contributed by atoms with Gasteiger partial charge in [0.1, 0.15) is 17.2 Å². The second-order valence-electron chi connectivity index (χ2n) is 8.51. The fraction of sp³-hybridized carbons (Fsp3) is 0.308. The van der Waals surface area contributed by atoms with Crippen LogP contribution in [0.15, 0.2) is 59.4 Å². The maximum absolute atomic E-state index is 12.8. The summed E-state index contributed by atoms with van der Waals surface area (Å²) >= 11 is 1.35. The first-order valence-corrected chi connectivity index (χ1v) is 12.7. The Bertz CT molecular complexity index is 1440. The van der Waals surface area contributed by atoms with Gasteiger partial charge in [0.2, 0.25) is 4.96 Å². The van der Waals surface area contributed by atoms with Gasteiger partial charge in [0.05, 0.1) is 25.5 Å². The first kappa shape index (κ1) is 24.7. The van der Waals surface area contributed by atoms with E-state index in [0.29, 0.717) is 59.9 Å². The average molecular weight is 522 g/mol. The Morgan fingerprint density at radius 2 is 1.70 bits per heavy atom. The molecule has 3 heterocycles. The van der Waals surface area contributed by atoms with E-state index in [4.69, 9.17) is 14.2 Å². The summed E-state index contributed by atoms with van der Waals surface area (Å²) in [5, 5.41) is 5.13. The number of benzene rings is 2. The average Bonchev–Trinajstić information content (AvgIpc) is 3.37. The van der Waals surface area contributed by atoms with Crippen LogP contribution in [0.5, 0.6) is 17.2 Å². The predicted molar refractivity (Wildman–Crippen MR) is 139 cm³/mol. The highest BCUT2D eigenvalue weighted by Gasteiger charge is 2.22. The number of ether oxygens (including phenoxy) is 3. The molecular weight excluding hydrogens is 494 g/mol. The highest BCUT2D eigenvalue weighted by molar-refractivity contribution is 7.19. The minimum absolute atomic E-state index is 0.0127. The van der Waals surface area contributed by atoms with Crippen LogP contribution in [0.4, 0.5) is 0 Å². The molecule has 10 nitrogen and oxygen atoms in total. The molecule has 0 spiro atoms. The van der Waals surface area contributed by atoms with Gasteiger partial charge in [-0.15, -0.1) is 0 Å². The Morgan fingerprint density at radius 1 is 0.973 bits per heavy atom. The van der Waals surface area contributed by atoms with Crippen LogP contribution in [0, 0.1) is 0 Å². The maximum atomic E-state index is 12.8. The number of piperazine rings is 1. The van der Waals surface area contributed by atoms with Crippen LogP contribution in [-0.2, 0) is 11.3 Å². The van der Waals surface area contributed by atoms with E-state index in [2.05, 4.69) is 15.0 Å². The molecule has 0 atom stereocenters. The summed E-state index contributed by atoms with van der Waals surface area (Å²) in [6.07, 6.45) is 0. The first-order valence-electron chi connectivity index (χ1n) is 11.8. The number of hydrogen-bond donors (Lipinski definition) is 0. The smallest absolute Gasteiger partial charge is 0.275 e.